The molecule has 2 aliphatic rings. The first-order chi connectivity index (χ1) is 11.2. The molecule has 4 rings (SSSR count). The molecule has 2 aromatic rings. The summed E-state index contributed by atoms with van der Waals surface area (Å²) in [6, 6.07) is 4.57. The van der Waals surface area contributed by atoms with Gasteiger partial charge in [-0.3, -0.25) is 9.69 Å². The minimum atomic E-state index is 0.347. The maximum atomic E-state index is 12.0. The maximum absolute atomic E-state index is 12.0. The van der Waals surface area contributed by atoms with Crippen LogP contribution in [0.3, 0.4) is 0 Å². The number of likely N-dealkylation sites (tertiary alicyclic amines) is 2. The van der Waals surface area contributed by atoms with Crippen LogP contribution in [0.15, 0.2) is 24.5 Å². The lowest BCUT2D eigenvalue weighted by Crippen LogP contribution is -2.48. The normalized spacial score (nSPS) is 23.1. The van der Waals surface area contributed by atoms with E-state index in [1.54, 1.807) is 0 Å². The number of amides is 1. The second-order valence-corrected chi connectivity index (χ2v) is 6.93. The van der Waals surface area contributed by atoms with E-state index in [9.17, 15) is 4.79 Å². The van der Waals surface area contributed by atoms with E-state index in [0.29, 0.717) is 11.9 Å². The number of imidazole rings is 1. The van der Waals surface area contributed by atoms with Gasteiger partial charge in [0.15, 0.2) is 0 Å². The van der Waals surface area contributed by atoms with Crippen LogP contribution in [0, 0.1) is 6.92 Å². The van der Waals surface area contributed by atoms with Crippen LogP contribution in [0.4, 0.5) is 0 Å². The molecule has 2 aromatic heterocycles. The highest BCUT2D eigenvalue weighted by Gasteiger charge is 2.31. The molecular formula is C18H24N4O. The van der Waals surface area contributed by atoms with Gasteiger partial charge in [-0.05, 0) is 44.4 Å². The van der Waals surface area contributed by atoms with Crippen LogP contribution < -0.4 is 0 Å². The highest BCUT2D eigenvalue weighted by atomic mass is 16.2. The van der Waals surface area contributed by atoms with Gasteiger partial charge in [0.25, 0.3) is 0 Å². The number of rotatable bonds is 3. The Morgan fingerprint density at radius 2 is 2.13 bits per heavy atom. The number of hydrogen-bond acceptors (Lipinski definition) is 3. The summed E-state index contributed by atoms with van der Waals surface area (Å²) in [6.45, 7) is 6.01. The van der Waals surface area contributed by atoms with Crippen LogP contribution in [-0.2, 0) is 11.3 Å². The van der Waals surface area contributed by atoms with Gasteiger partial charge in [-0.2, -0.15) is 0 Å². The zero-order valence-corrected chi connectivity index (χ0v) is 13.7. The van der Waals surface area contributed by atoms with Crippen LogP contribution in [-0.4, -0.2) is 50.8 Å². The van der Waals surface area contributed by atoms with Gasteiger partial charge in [0, 0.05) is 44.5 Å². The number of piperidine rings is 1. The summed E-state index contributed by atoms with van der Waals surface area (Å²) >= 11 is 0. The van der Waals surface area contributed by atoms with Crippen molar-refractivity contribution in [3.05, 3.63) is 35.8 Å². The van der Waals surface area contributed by atoms with E-state index in [-0.39, 0.29) is 0 Å². The molecule has 2 fully saturated rings. The summed E-state index contributed by atoms with van der Waals surface area (Å²) < 4.78 is 2.11. The Hall–Kier alpha value is -1.88. The molecule has 4 heterocycles. The summed E-state index contributed by atoms with van der Waals surface area (Å²) in [6.07, 6.45) is 8.33. The Morgan fingerprint density at radius 1 is 1.22 bits per heavy atom. The number of pyridine rings is 1. The minimum Gasteiger partial charge on any atom is -0.338 e. The molecule has 0 saturated carbocycles. The van der Waals surface area contributed by atoms with Gasteiger partial charge in [0.2, 0.25) is 5.91 Å². The van der Waals surface area contributed by atoms with E-state index in [1.165, 1.54) is 12.0 Å². The van der Waals surface area contributed by atoms with Crippen molar-refractivity contribution in [1.29, 1.82) is 0 Å². The van der Waals surface area contributed by atoms with E-state index in [4.69, 9.17) is 4.98 Å². The fourth-order valence-electron chi connectivity index (χ4n) is 3.95. The Bertz CT molecular complexity index is 723. The smallest absolute Gasteiger partial charge is 0.222 e. The number of aromatic nitrogens is 2. The van der Waals surface area contributed by atoms with Crippen LogP contribution in [0.25, 0.3) is 5.65 Å². The average molecular weight is 312 g/mol. The van der Waals surface area contributed by atoms with Gasteiger partial charge in [-0.1, -0.05) is 6.07 Å². The Labute approximate surface area is 136 Å². The summed E-state index contributed by atoms with van der Waals surface area (Å²) in [4.78, 5) is 21.3. The molecule has 0 bridgehead atoms. The standard InChI is InChI=1S/C18H24N4O/c1-14-6-7-17-19-15(12-21(17)10-14)11-20-8-2-4-16(13-20)22-9-3-5-18(22)23/h6-7,10,12,16H,2-5,8-9,11,13H2,1H3. The largest absolute Gasteiger partial charge is 0.338 e. The van der Waals surface area contributed by atoms with Crippen molar-refractivity contribution in [1.82, 2.24) is 19.2 Å². The fraction of sp³-hybridized carbons (Fsp3) is 0.556. The molecule has 0 radical (unpaired) electrons. The highest BCUT2D eigenvalue weighted by molar-refractivity contribution is 5.78. The van der Waals surface area contributed by atoms with Crippen LogP contribution >= 0.6 is 0 Å². The summed E-state index contributed by atoms with van der Waals surface area (Å²) in [5, 5.41) is 0. The second-order valence-electron chi connectivity index (χ2n) is 6.93. The van der Waals surface area contributed by atoms with Crippen molar-refractivity contribution >= 4 is 11.6 Å². The fourth-order valence-corrected chi connectivity index (χ4v) is 3.95. The molecule has 5 heteroatoms. The number of nitrogens with zero attached hydrogens (tertiary/aromatic N) is 4. The molecule has 23 heavy (non-hydrogen) atoms. The predicted octanol–water partition coefficient (Wildman–Crippen LogP) is 2.23. The van der Waals surface area contributed by atoms with Crippen molar-refractivity contribution in [3.8, 4) is 0 Å². The third-order valence-electron chi connectivity index (χ3n) is 5.07. The van der Waals surface area contributed by atoms with Gasteiger partial charge in [0.05, 0.1) is 5.69 Å². The topological polar surface area (TPSA) is 40.9 Å². The maximum Gasteiger partial charge on any atom is 0.222 e. The van der Waals surface area contributed by atoms with Crippen molar-refractivity contribution in [2.24, 2.45) is 0 Å². The first-order valence-corrected chi connectivity index (χ1v) is 8.65. The van der Waals surface area contributed by atoms with Crippen molar-refractivity contribution in [3.63, 3.8) is 0 Å². The van der Waals surface area contributed by atoms with Crippen LogP contribution in [0.5, 0.6) is 0 Å². The molecular weight excluding hydrogens is 288 g/mol. The Morgan fingerprint density at radius 3 is 2.96 bits per heavy atom. The first kappa shape index (κ1) is 14.7. The van der Waals surface area contributed by atoms with E-state index >= 15 is 0 Å². The highest BCUT2D eigenvalue weighted by Crippen LogP contribution is 2.22. The number of carbonyl (C=O) groups is 1. The molecule has 2 aliphatic heterocycles. The second kappa shape index (κ2) is 5.96. The lowest BCUT2D eigenvalue weighted by Gasteiger charge is -2.37. The van der Waals surface area contributed by atoms with Crippen LogP contribution in [0.2, 0.25) is 0 Å². The summed E-state index contributed by atoms with van der Waals surface area (Å²) in [7, 11) is 0. The number of aryl methyl sites for hydroxylation is 1. The van der Waals surface area contributed by atoms with Gasteiger partial charge >= 0.3 is 0 Å². The van der Waals surface area contributed by atoms with Crippen molar-refractivity contribution in [2.45, 2.75) is 45.2 Å². The van der Waals surface area contributed by atoms with Crippen molar-refractivity contribution < 1.29 is 4.79 Å². The number of hydrogen-bond donors (Lipinski definition) is 0. The Balaban J connectivity index is 1.45. The monoisotopic (exact) mass is 312 g/mol. The molecule has 1 atom stereocenters. The molecule has 1 unspecified atom stereocenters. The van der Waals surface area contributed by atoms with Crippen molar-refractivity contribution in [2.75, 3.05) is 19.6 Å². The SMILES string of the molecule is Cc1ccc2nc(CN3CCCC(N4CCCC4=O)C3)cn2c1. The lowest BCUT2D eigenvalue weighted by molar-refractivity contribution is -0.130. The third-order valence-corrected chi connectivity index (χ3v) is 5.07. The van der Waals surface area contributed by atoms with E-state index in [2.05, 4.69) is 45.7 Å². The molecule has 2 saturated heterocycles. The third kappa shape index (κ3) is 2.98. The van der Waals surface area contributed by atoms with Gasteiger partial charge < -0.3 is 9.30 Å². The Kier molecular flexibility index (Phi) is 3.81. The van der Waals surface area contributed by atoms with E-state index < -0.39 is 0 Å². The summed E-state index contributed by atoms with van der Waals surface area (Å²) in [5.74, 6) is 0.347. The molecule has 0 spiro atoms. The average Bonchev–Trinajstić information content (AvgIpc) is 3.12. The zero-order valence-electron chi connectivity index (χ0n) is 13.7. The molecule has 0 N–H and O–H groups in total. The lowest BCUT2D eigenvalue weighted by atomic mass is 10.0. The number of carbonyl (C=O) groups excluding carboxylic acids is 1. The van der Waals surface area contributed by atoms with Gasteiger partial charge in [0.1, 0.15) is 5.65 Å². The molecule has 0 aromatic carbocycles. The number of fused-ring (bicyclic) bond motifs is 1. The quantitative estimate of drug-likeness (QED) is 0.873. The van der Waals surface area contributed by atoms with Gasteiger partial charge in [-0.15, -0.1) is 0 Å². The zero-order chi connectivity index (χ0) is 15.8. The van der Waals surface area contributed by atoms with Crippen LogP contribution in [0.1, 0.15) is 36.9 Å². The van der Waals surface area contributed by atoms with Gasteiger partial charge in [-0.25, -0.2) is 4.98 Å². The molecule has 122 valence electrons. The molecule has 5 nitrogen and oxygen atoms in total. The molecule has 1 amide bonds. The minimum absolute atomic E-state index is 0.347. The van der Waals surface area contributed by atoms with E-state index in [0.717, 1.165) is 56.8 Å². The summed E-state index contributed by atoms with van der Waals surface area (Å²) in [5.41, 5.74) is 3.37. The first-order valence-electron chi connectivity index (χ1n) is 8.65. The molecule has 0 aliphatic carbocycles. The predicted molar refractivity (Wildman–Crippen MR) is 89.2 cm³/mol. The van der Waals surface area contributed by atoms with E-state index in [1.807, 2.05) is 0 Å².